The van der Waals surface area contributed by atoms with E-state index in [9.17, 15) is 18.1 Å². The highest BCUT2D eigenvalue weighted by Gasteiger charge is 2.36. The zero-order chi connectivity index (χ0) is 37.1. The summed E-state index contributed by atoms with van der Waals surface area (Å²) in [6.07, 6.45) is 2.28. The van der Waals surface area contributed by atoms with Gasteiger partial charge in [0.2, 0.25) is 0 Å². The summed E-state index contributed by atoms with van der Waals surface area (Å²) in [5.74, 6) is -1.61. The van der Waals surface area contributed by atoms with E-state index in [0.29, 0.717) is 21.4 Å². The quantitative estimate of drug-likeness (QED) is 0.115. The Morgan fingerprint density at radius 1 is 0.959 bits per heavy atom. The number of benzene rings is 3. The van der Waals surface area contributed by atoms with Gasteiger partial charge in [-0.1, -0.05) is 49.2 Å². The number of rotatable bonds is 11. The van der Waals surface area contributed by atoms with Crippen LogP contribution >= 0.6 is 31.0 Å². The van der Waals surface area contributed by atoms with E-state index in [1.165, 1.54) is 36.7 Å². The van der Waals surface area contributed by atoms with Crippen molar-refractivity contribution in [1.29, 1.82) is 0 Å². The smallest absolute Gasteiger partial charge is 0.384 e. The highest BCUT2D eigenvalue weighted by molar-refractivity contribution is 7.90. The van der Waals surface area contributed by atoms with Crippen molar-refractivity contribution >= 4 is 40.9 Å². The van der Waals surface area contributed by atoms with Gasteiger partial charge in [-0.2, -0.15) is 0 Å². The molecule has 4 N–H and O–H groups in total. The second-order valence-electron chi connectivity index (χ2n) is 12.2. The third-order valence-electron chi connectivity index (χ3n) is 7.45. The number of phosphoric ester groups is 1. The van der Waals surface area contributed by atoms with Gasteiger partial charge in [0.15, 0.2) is 9.84 Å². The van der Waals surface area contributed by atoms with E-state index in [1.54, 1.807) is 32.0 Å². The van der Waals surface area contributed by atoms with E-state index in [4.69, 9.17) is 33.0 Å². The van der Waals surface area contributed by atoms with Crippen molar-refractivity contribution in [1.82, 2.24) is 14.9 Å². The molecule has 1 aromatic heterocycles. The highest BCUT2D eigenvalue weighted by atomic mass is 35.5. The molecule has 0 atom stereocenters. The average Bonchev–Trinajstić information content (AvgIpc) is 3.43. The molecule has 0 bridgehead atoms. The molecule has 10 nitrogen and oxygen atoms in total. The molecule has 0 spiro atoms. The maximum atomic E-state index is 15.9. The fourth-order valence-corrected chi connectivity index (χ4v) is 7.15. The lowest BCUT2D eigenvalue weighted by molar-refractivity contribution is 0.0740. The molecule has 0 fully saturated rings. The Labute approximate surface area is 295 Å². The van der Waals surface area contributed by atoms with E-state index in [2.05, 4.69) is 28.7 Å². The van der Waals surface area contributed by atoms with Gasteiger partial charge >= 0.3 is 7.82 Å². The molecule has 0 aliphatic heterocycles. The lowest BCUT2D eigenvalue weighted by Crippen LogP contribution is -2.25. The summed E-state index contributed by atoms with van der Waals surface area (Å²) in [4.78, 5) is 22.1. The van der Waals surface area contributed by atoms with E-state index in [1.807, 2.05) is 0 Å². The van der Waals surface area contributed by atoms with Gasteiger partial charge < -0.3 is 20.2 Å². The zero-order valence-corrected chi connectivity index (χ0v) is 31.3. The minimum absolute atomic E-state index is 0.0125. The molecular weight excluding hydrogens is 722 g/mol. The number of aliphatic hydroxyl groups is 1. The van der Waals surface area contributed by atoms with Gasteiger partial charge in [0.25, 0.3) is 0 Å². The SMILES string of the molecule is CC(C)(O)c1cn(-c2ccc(-c3cc(F)c(COP(=O)(O)O)c(S(C)(=O)=O)c3)cc2F)c(C(C)(C)c2c(Cl)cccc2Cl)n1.CCNCC. The first-order chi connectivity index (χ1) is 22.5. The number of aromatic nitrogens is 2. The highest BCUT2D eigenvalue weighted by Crippen LogP contribution is 2.42. The van der Waals surface area contributed by atoms with Crippen LogP contribution < -0.4 is 5.32 Å². The molecule has 0 saturated heterocycles. The van der Waals surface area contributed by atoms with Crippen LogP contribution in [0, 0.1) is 11.6 Å². The third kappa shape index (κ3) is 9.96. The Morgan fingerprint density at radius 3 is 2.00 bits per heavy atom. The number of hydrogen-bond donors (Lipinski definition) is 4. The van der Waals surface area contributed by atoms with Crippen molar-refractivity contribution in [2.45, 2.75) is 64.1 Å². The molecule has 49 heavy (non-hydrogen) atoms. The number of sulfone groups is 1. The largest absolute Gasteiger partial charge is 0.469 e. The fraction of sp³-hybridized carbons (Fsp3) is 0.364. The van der Waals surface area contributed by atoms with Crippen LogP contribution in [0.1, 0.15) is 64.2 Å². The summed E-state index contributed by atoms with van der Waals surface area (Å²) >= 11 is 13.0. The lowest BCUT2D eigenvalue weighted by Gasteiger charge is -2.28. The topological polar surface area (TPSA) is 151 Å². The molecule has 16 heteroatoms. The summed E-state index contributed by atoms with van der Waals surface area (Å²) in [6, 6.07) is 10.9. The maximum Gasteiger partial charge on any atom is 0.469 e. The first kappa shape index (κ1) is 40.7. The molecule has 0 saturated carbocycles. The predicted molar refractivity (Wildman–Crippen MR) is 187 cm³/mol. The number of hydrogen-bond acceptors (Lipinski definition) is 7. The molecule has 0 amide bonds. The van der Waals surface area contributed by atoms with Gasteiger partial charge in [0.1, 0.15) is 23.1 Å². The molecule has 268 valence electrons. The van der Waals surface area contributed by atoms with Crippen LogP contribution in [0.5, 0.6) is 0 Å². The van der Waals surface area contributed by atoms with Gasteiger partial charge in [0, 0.05) is 33.6 Å². The van der Waals surface area contributed by atoms with Crippen molar-refractivity contribution in [2.24, 2.45) is 0 Å². The number of imidazole rings is 1. The Bertz CT molecular complexity index is 1960. The zero-order valence-electron chi connectivity index (χ0n) is 28.1. The van der Waals surface area contributed by atoms with Crippen molar-refractivity contribution < 1.29 is 41.2 Å². The van der Waals surface area contributed by atoms with E-state index in [0.717, 1.165) is 37.5 Å². The second-order valence-corrected chi connectivity index (χ2v) is 16.2. The van der Waals surface area contributed by atoms with E-state index < -0.39 is 57.4 Å². The molecule has 3 aromatic carbocycles. The third-order valence-corrected chi connectivity index (χ3v) is 9.71. The van der Waals surface area contributed by atoms with Crippen LogP contribution in [0.2, 0.25) is 10.0 Å². The molecular formula is C33H40Cl2F2N3O7PS. The maximum absolute atomic E-state index is 15.9. The summed E-state index contributed by atoms with van der Waals surface area (Å²) in [6.45, 7) is 12.0. The van der Waals surface area contributed by atoms with Gasteiger partial charge in [0.05, 0.1) is 28.3 Å². The molecule has 0 radical (unpaired) electrons. The van der Waals surface area contributed by atoms with Gasteiger partial charge in [-0.15, -0.1) is 0 Å². The summed E-state index contributed by atoms with van der Waals surface area (Å²) in [5, 5.41) is 14.6. The summed E-state index contributed by atoms with van der Waals surface area (Å²) in [7, 11) is -9.14. The fourth-order valence-electron chi connectivity index (χ4n) is 5.04. The summed E-state index contributed by atoms with van der Waals surface area (Å²) in [5.41, 5.74) is -2.11. The number of halogens is 4. The Kier molecular flexibility index (Phi) is 13.0. The molecule has 0 unspecified atom stereocenters. The van der Waals surface area contributed by atoms with Crippen molar-refractivity contribution in [3.05, 3.63) is 99.1 Å². The van der Waals surface area contributed by atoms with Crippen molar-refractivity contribution in [3.8, 4) is 16.8 Å². The van der Waals surface area contributed by atoms with Crippen LogP contribution in [0.25, 0.3) is 16.8 Å². The van der Waals surface area contributed by atoms with Crippen molar-refractivity contribution in [3.63, 3.8) is 0 Å². The summed E-state index contributed by atoms with van der Waals surface area (Å²) < 4.78 is 72.9. The molecule has 4 rings (SSSR count). The second kappa shape index (κ2) is 15.7. The Balaban J connectivity index is 0.00000121. The number of phosphoric acid groups is 1. The number of nitrogens with one attached hydrogen (secondary N) is 1. The van der Waals surface area contributed by atoms with Crippen LogP contribution in [-0.2, 0) is 36.5 Å². The Hall–Kier alpha value is -2.71. The molecule has 1 heterocycles. The minimum Gasteiger partial charge on any atom is -0.384 e. The van der Waals surface area contributed by atoms with E-state index >= 15 is 8.78 Å². The van der Waals surface area contributed by atoms with Gasteiger partial charge in [-0.05, 0) is 88.3 Å². The van der Waals surface area contributed by atoms with Crippen LogP contribution in [0.3, 0.4) is 0 Å². The van der Waals surface area contributed by atoms with Gasteiger partial charge in [-0.3, -0.25) is 9.09 Å². The first-order valence-corrected chi connectivity index (χ1v) is 19.2. The molecule has 0 aliphatic rings. The Morgan fingerprint density at radius 2 is 1.53 bits per heavy atom. The van der Waals surface area contributed by atoms with E-state index in [-0.39, 0.29) is 22.5 Å². The average molecular weight is 763 g/mol. The first-order valence-electron chi connectivity index (χ1n) is 15.0. The lowest BCUT2D eigenvalue weighted by atomic mass is 9.83. The molecule has 0 aliphatic carbocycles. The molecule has 4 aromatic rings. The van der Waals surface area contributed by atoms with Crippen LogP contribution in [0.4, 0.5) is 8.78 Å². The van der Waals surface area contributed by atoms with Crippen LogP contribution in [-0.4, -0.2) is 52.2 Å². The standard InChI is InChI=1S/C29H29Cl2F2N2O7PS.C4H11N/c1-28(2,26-19(30)7-6-8-20(26)31)27-34-25(29(3,4)36)14-35(27)23-10-9-16(11-22(23)33)17-12-21(32)18(15-42-43(37,38)39)24(13-17)44(5,40)41;1-3-5-4-2/h6-14,36H,15H2,1-5H3,(H2,37,38,39);5H,3-4H2,1-2H3. The monoisotopic (exact) mass is 761 g/mol. The number of nitrogens with zero attached hydrogens (tertiary/aromatic N) is 2. The van der Waals surface area contributed by atoms with Crippen LogP contribution in [0.15, 0.2) is 59.6 Å². The minimum atomic E-state index is -5.03. The van der Waals surface area contributed by atoms with Crippen molar-refractivity contribution in [2.75, 3.05) is 19.3 Å². The van der Waals surface area contributed by atoms with Gasteiger partial charge in [-0.25, -0.2) is 26.7 Å². The predicted octanol–water partition coefficient (Wildman–Crippen LogP) is 7.31. The normalized spacial score (nSPS) is 12.5.